The second kappa shape index (κ2) is 8.65. The summed E-state index contributed by atoms with van der Waals surface area (Å²) >= 11 is 0. The summed E-state index contributed by atoms with van der Waals surface area (Å²) in [6.07, 6.45) is 0. The summed E-state index contributed by atoms with van der Waals surface area (Å²) in [5.74, 6) is 0. The Kier molecular flexibility index (Phi) is 7.06. The van der Waals surface area contributed by atoms with E-state index in [1.165, 1.54) is 5.56 Å². The van der Waals surface area contributed by atoms with Crippen molar-refractivity contribution in [2.45, 2.75) is 45.4 Å². The van der Waals surface area contributed by atoms with Crippen molar-refractivity contribution < 1.29 is 18.8 Å². The van der Waals surface area contributed by atoms with Crippen LogP contribution in [0.5, 0.6) is 0 Å². The number of methoxy groups -OCH3 is 2. The lowest BCUT2D eigenvalue weighted by atomic mass is 9.79. The molecule has 1 aromatic rings. The van der Waals surface area contributed by atoms with Crippen LogP contribution in [0.2, 0.25) is 0 Å². The van der Waals surface area contributed by atoms with Crippen molar-refractivity contribution in [3.05, 3.63) is 29.8 Å². The molecule has 1 saturated heterocycles. The summed E-state index contributed by atoms with van der Waals surface area (Å²) < 4.78 is 22.6. The van der Waals surface area contributed by atoms with Gasteiger partial charge in [-0.15, -0.1) is 0 Å². The minimum atomic E-state index is -0.312. The minimum absolute atomic E-state index is 0.308. The molecule has 0 bridgehead atoms. The van der Waals surface area contributed by atoms with Crippen LogP contribution >= 0.6 is 0 Å². The largest absolute Gasteiger partial charge is 0.494 e. The molecule has 0 saturated carbocycles. The summed E-state index contributed by atoms with van der Waals surface area (Å²) in [5, 5.41) is 0. The Morgan fingerprint density at radius 3 is 1.80 bits per heavy atom. The monoisotopic (exact) mass is 349 g/mol. The Bertz CT molecular complexity index is 509. The molecule has 1 aromatic carbocycles. The standard InChI is InChI=1S/C19H32BNO4/c1-18(2)19(3,4)25-20(24-18)17-9-7-16(8-10-17)15-21(11-13-22-5)12-14-23-6/h7-10H,11-15H2,1-6H3. The summed E-state index contributed by atoms with van der Waals surface area (Å²) in [6, 6.07) is 8.49. The highest BCUT2D eigenvalue weighted by molar-refractivity contribution is 6.62. The maximum absolute atomic E-state index is 6.11. The second-order valence-electron chi connectivity index (χ2n) is 7.59. The van der Waals surface area contributed by atoms with Gasteiger partial charge in [-0.25, -0.2) is 0 Å². The van der Waals surface area contributed by atoms with E-state index < -0.39 is 0 Å². The van der Waals surface area contributed by atoms with E-state index in [9.17, 15) is 0 Å². The fourth-order valence-electron chi connectivity index (χ4n) is 2.73. The van der Waals surface area contributed by atoms with Crippen LogP contribution in [-0.4, -0.2) is 63.7 Å². The molecule has 0 aromatic heterocycles. The lowest BCUT2D eigenvalue weighted by Crippen LogP contribution is -2.41. The lowest BCUT2D eigenvalue weighted by molar-refractivity contribution is 0.00578. The smallest absolute Gasteiger partial charge is 0.399 e. The molecule has 1 aliphatic heterocycles. The van der Waals surface area contributed by atoms with E-state index in [0.717, 1.165) is 38.3 Å². The number of benzene rings is 1. The SMILES string of the molecule is COCCN(CCOC)Cc1ccc(B2OC(C)(C)C(C)(C)O2)cc1. The van der Waals surface area contributed by atoms with E-state index in [1.807, 2.05) is 0 Å². The van der Waals surface area contributed by atoms with E-state index in [-0.39, 0.29) is 18.3 Å². The first kappa shape index (κ1) is 20.4. The van der Waals surface area contributed by atoms with Gasteiger partial charge in [0, 0.05) is 33.9 Å². The number of rotatable bonds is 9. The molecule has 1 heterocycles. The third-order valence-electron chi connectivity index (χ3n) is 5.13. The third kappa shape index (κ3) is 5.28. The van der Waals surface area contributed by atoms with Gasteiger partial charge in [-0.05, 0) is 38.7 Å². The quantitative estimate of drug-likeness (QED) is 0.639. The van der Waals surface area contributed by atoms with Crippen LogP contribution in [0.25, 0.3) is 0 Å². The van der Waals surface area contributed by atoms with Gasteiger partial charge in [0.2, 0.25) is 0 Å². The van der Waals surface area contributed by atoms with Crippen LogP contribution in [0, 0.1) is 0 Å². The van der Waals surface area contributed by atoms with Crippen LogP contribution in [0.3, 0.4) is 0 Å². The molecule has 1 fully saturated rings. The van der Waals surface area contributed by atoms with Crippen molar-refractivity contribution in [1.82, 2.24) is 4.90 Å². The van der Waals surface area contributed by atoms with Crippen molar-refractivity contribution in [3.8, 4) is 0 Å². The van der Waals surface area contributed by atoms with Crippen LogP contribution in [0.15, 0.2) is 24.3 Å². The normalized spacial score (nSPS) is 18.9. The lowest BCUT2D eigenvalue weighted by Gasteiger charge is -2.32. The van der Waals surface area contributed by atoms with Gasteiger partial charge in [0.05, 0.1) is 24.4 Å². The van der Waals surface area contributed by atoms with Gasteiger partial charge in [-0.3, -0.25) is 4.90 Å². The van der Waals surface area contributed by atoms with Crippen molar-refractivity contribution in [1.29, 1.82) is 0 Å². The average Bonchev–Trinajstić information content (AvgIpc) is 2.78. The predicted molar refractivity (Wildman–Crippen MR) is 101 cm³/mol. The Morgan fingerprint density at radius 2 is 1.36 bits per heavy atom. The molecule has 2 rings (SSSR count). The molecule has 0 radical (unpaired) electrons. The van der Waals surface area contributed by atoms with Crippen molar-refractivity contribution in [3.63, 3.8) is 0 Å². The number of hydrogen-bond donors (Lipinski definition) is 0. The summed E-state index contributed by atoms with van der Waals surface area (Å²) in [4.78, 5) is 2.33. The Morgan fingerprint density at radius 1 is 0.880 bits per heavy atom. The van der Waals surface area contributed by atoms with Crippen LogP contribution in [0.1, 0.15) is 33.3 Å². The molecule has 0 amide bonds. The molecule has 1 aliphatic rings. The fraction of sp³-hybridized carbons (Fsp3) is 0.684. The van der Waals surface area contributed by atoms with E-state index in [1.54, 1.807) is 14.2 Å². The average molecular weight is 349 g/mol. The molecule has 25 heavy (non-hydrogen) atoms. The molecule has 0 N–H and O–H groups in total. The molecule has 0 atom stereocenters. The first-order valence-electron chi connectivity index (χ1n) is 8.94. The zero-order valence-electron chi connectivity index (χ0n) is 16.5. The Hall–Kier alpha value is -0.915. The first-order chi connectivity index (χ1) is 11.8. The van der Waals surface area contributed by atoms with E-state index in [2.05, 4.69) is 56.9 Å². The van der Waals surface area contributed by atoms with Crippen LogP contribution in [-0.2, 0) is 25.3 Å². The molecule has 0 aliphatic carbocycles. The van der Waals surface area contributed by atoms with Gasteiger partial charge in [0.25, 0.3) is 0 Å². The van der Waals surface area contributed by atoms with Gasteiger partial charge in [-0.1, -0.05) is 24.3 Å². The molecular weight excluding hydrogens is 317 g/mol. The first-order valence-corrected chi connectivity index (χ1v) is 8.94. The molecule has 5 nitrogen and oxygen atoms in total. The Balaban J connectivity index is 1.99. The minimum Gasteiger partial charge on any atom is -0.399 e. The molecule has 6 heteroatoms. The van der Waals surface area contributed by atoms with E-state index >= 15 is 0 Å². The number of nitrogens with zero attached hydrogens (tertiary/aromatic N) is 1. The third-order valence-corrected chi connectivity index (χ3v) is 5.13. The summed E-state index contributed by atoms with van der Waals surface area (Å²) in [6.45, 7) is 12.4. The van der Waals surface area contributed by atoms with E-state index in [4.69, 9.17) is 18.8 Å². The van der Waals surface area contributed by atoms with Gasteiger partial charge in [0.15, 0.2) is 0 Å². The maximum atomic E-state index is 6.11. The van der Waals surface area contributed by atoms with Crippen molar-refractivity contribution >= 4 is 12.6 Å². The highest BCUT2D eigenvalue weighted by Gasteiger charge is 2.51. The van der Waals surface area contributed by atoms with E-state index in [0.29, 0.717) is 0 Å². The molecular formula is C19H32BNO4. The number of hydrogen-bond acceptors (Lipinski definition) is 5. The molecule has 140 valence electrons. The molecule has 0 unspecified atom stereocenters. The van der Waals surface area contributed by atoms with Crippen LogP contribution < -0.4 is 5.46 Å². The Labute approximate surface area is 152 Å². The number of ether oxygens (including phenoxy) is 2. The highest BCUT2D eigenvalue weighted by Crippen LogP contribution is 2.36. The topological polar surface area (TPSA) is 40.2 Å². The molecule has 0 spiro atoms. The van der Waals surface area contributed by atoms with Gasteiger partial charge >= 0.3 is 7.12 Å². The second-order valence-corrected chi connectivity index (χ2v) is 7.59. The van der Waals surface area contributed by atoms with Gasteiger partial charge in [-0.2, -0.15) is 0 Å². The van der Waals surface area contributed by atoms with Crippen molar-refractivity contribution in [2.75, 3.05) is 40.5 Å². The maximum Gasteiger partial charge on any atom is 0.494 e. The summed E-state index contributed by atoms with van der Waals surface area (Å²) in [5.41, 5.74) is 1.69. The highest BCUT2D eigenvalue weighted by atomic mass is 16.7. The fourth-order valence-corrected chi connectivity index (χ4v) is 2.73. The van der Waals surface area contributed by atoms with Gasteiger partial charge < -0.3 is 18.8 Å². The van der Waals surface area contributed by atoms with Gasteiger partial charge in [0.1, 0.15) is 0 Å². The van der Waals surface area contributed by atoms with Crippen molar-refractivity contribution in [2.24, 2.45) is 0 Å². The zero-order valence-corrected chi connectivity index (χ0v) is 16.5. The van der Waals surface area contributed by atoms with Crippen LogP contribution in [0.4, 0.5) is 0 Å². The summed E-state index contributed by atoms with van der Waals surface area (Å²) in [7, 11) is 3.15. The predicted octanol–water partition coefficient (Wildman–Crippen LogP) is 2.08. The zero-order chi connectivity index (χ0) is 18.5.